The minimum atomic E-state index is 0.407. The lowest BCUT2D eigenvalue weighted by Gasteiger charge is -2.10. The molecule has 0 aliphatic heterocycles. The highest BCUT2D eigenvalue weighted by Gasteiger charge is 2.15. The van der Waals surface area contributed by atoms with Gasteiger partial charge in [-0.25, -0.2) is 0 Å². The molecule has 0 saturated carbocycles. The van der Waals surface area contributed by atoms with Crippen molar-refractivity contribution in [2.75, 3.05) is 107 Å². The molecule has 2 rings (SSSR count). The van der Waals surface area contributed by atoms with Crippen molar-refractivity contribution in [3.05, 3.63) is 34.9 Å². The largest absolute Gasteiger partial charge is 0.489 e. The van der Waals surface area contributed by atoms with Crippen LogP contribution in [-0.4, -0.2) is 129 Å². The van der Waals surface area contributed by atoms with Crippen LogP contribution >= 0.6 is 0 Å². The van der Waals surface area contributed by atoms with Gasteiger partial charge in [0.2, 0.25) is 0 Å². The van der Waals surface area contributed by atoms with E-state index in [4.69, 9.17) is 37.9 Å². The Bertz CT molecular complexity index is 930. The summed E-state index contributed by atoms with van der Waals surface area (Å²) < 4.78 is 44.4. The second-order valence-corrected chi connectivity index (χ2v) is 9.51. The molecule has 0 radical (unpaired) electrons. The fraction of sp³-hybridized carbons (Fsp3) is 0.677. The molecule has 0 fully saturated rings. The molecular weight excluding hydrogens is 556 g/mol. The van der Waals surface area contributed by atoms with Crippen molar-refractivity contribution in [2.45, 2.75) is 33.1 Å². The Morgan fingerprint density at radius 3 is 1.30 bits per heavy atom. The van der Waals surface area contributed by atoms with Gasteiger partial charge in [-0.05, 0) is 12.8 Å². The van der Waals surface area contributed by atoms with Crippen molar-refractivity contribution in [1.29, 1.82) is 0 Å². The van der Waals surface area contributed by atoms with E-state index in [1.807, 2.05) is 24.6 Å². The van der Waals surface area contributed by atoms with Gasteiger partial charge in [-0.15, -0.1) is 0 Å². The van der Waals surface area contributed by atoms with Gasteiger partial charge < -0.3 is 47.9 Å². The summed E-state index contributed by atoms with van der Waals surface area (Å²) >= 11 is 0. The van der Waals surface area contributed by atoms with Gasteiger partial charge in [0, 0.05) is 58.3 Å². The molecule has 0 unspecified atom stereocenters. The number of hydrogen-bond acceptors (Lipinski definition) is 10. The number of methoxy groups -OCH3 is 2. The second kappa shape index (κ2) is 24.7. The van der Waals surface area contributed by atoms with Crippen LogP contribution in [0.2, 0.25) is 0 Å². The number of H-pyrrole nitrogens is 2. The Balaban J connectivity index is 2.01. The molecule has 0 bridgehead atoms. The molecule has 43 heavy (non-hydrogen) atoms. The van der Waals surface area contributed by atoms with Crippen LogP contribution in [0.3, 0.4) is 0 Å². The molecule has 0 aromatic carbocycles. The van der Waals surface area contributed by atoms with Gasteiger partial charge in [-0.3, -0.25) is 9.98 Å². The Morgan fingerprint density at radius 2 is 0.930 bits per heavy atom. The van der Waals surface area contributed by atoms with E-state index in [2.05, 4.69) is 33.8 Å². The van der Waals surface area contributed by atoms with Crippen LogP contribution in [0.5, 0.6) is 11.5 Å². The van der Waals surface area contributed by atoms with Crippen LogP contribution in [-0.2, 0) is 34.8 Å². The monoisotopic (exact) mass is 608 g/mol. The van der Waals surface area contributed by atoms with Crippen molar-refractivity contribution < 1.29 is 37.9 Å². The zero-order valence-corrected chi connectivity index (χ0v) is 26.5. The normalized spacial score (nSPS) is 11.8. The third-order valence-electron chi connectivity index (χ3n) is 5.86. The van der Waals surface area contributed by atoms with Crippen LogP contribution in [0.15, 0.2) is 22.1 Å². The summed E-state index contributed by atoms with van der Waals surface area (Å²) in [6.07, 6.45) is 6.19. The molecule has 2 aromatic heterocycles. The molecule has 0 saturated heterocycles. The average Bonchev–Trinajstić information content (AvgIpc) is 3.58. The minimum absolute atomic E-state index is 0.407. The SMILES string of the molecule is CCCN=Cc1cc(OCCOCCOCCOC)c(Cc2[nH]c(C=NCCC)cc2OCCOCCOCCOC)[nH]1. The Labute approximate surface area is 256 Å². The van der Waals surface area contributed by atoms with Crippen LogP contribution in [0.1, 0.15) is 49.5 Å². The highest BCUT2D eigenvalue weighted by atomic mass is 16.6. The van der Waals surface area contributed by atoms with E-state index in [0.717, 1.165) is 60.2 Å². The molecule has 2 heterocycles. The lowest BCUT2D eigenvalue weighted by molar-refractivity contribution is 0.0178. The number of hydrogen-bond donors (Lipinski definition) is 2. The molecule has 244 valence electrons. The molecular formula is C31H52N4O8. The lowest BCUT2D eigenvalue weighted by atomic mass is 10.2. The first-order valence-corrected chi connectivity index (χ1v) is 15.2. The number of nitrogens with zero attached hydrogens (tertiary/aromatic N) is 2. The smallest absolute Gasteiger partial charge is 0.141 e. The molecule has 0 aliphatic rings. The molecule has 12 heteroatoms. The fourth-order valence-electron chi connectivity index (χ4n) is 3.77. The summed E-state index contributed by atoms with van der Waals surface area (Å²) in [6.45, 7) is 11.7. The van der Waals surface area contributed by atoms with E-state index in [9.17, 15) is 0 Å². The number of nitrogens with one attached hydrogen (secondary N) is 2. The quantitative estimate of drug-likeness (QED) is 0.111. The molecule has 0 aliphatic carbocycles. The molecule has 2 aromatic rings. The first kappa shape index (κ1) is 36.5. The standard InChI is InChI=1S/C31H52N4O8/c1-5-7-32-24-26-21-30(42-19-17-40-15-13-38-11-9-36-3)28(34-26)23-29-31(22-27(35-29)25-33-8-6-2)43-20-18-41-16-14-39-12-10-37-4/h21-22,24-25,34-35H,5-20,23H2,1-4H3. The van der Waals surface area contributed by atoms with Crippen molar-refractivity contribution in [1.82, 2.24) is 9.97 Å². The summed E-state index contributed by atoms with van der Waals surface area (Å²) in [7, 11) is 3.30. The first-order valence-electron chi connectivity index (χ1n) is 15.2. The van der Waals surface area contributed by atoms with Gasteiger partial charge in [0.1, 0.15) is 24.7 Å². The van der Waals surface area contributed by atoms with Crippen molar-refractivity contribution in [3.63, 3.8) is 0 Å². The van der Waals surface area contributed by atoms with Crippen LogP contribution < -0.4 is 9.47 Å². The van der Waals surface area contributed by atoms with Gasteiger partial charge in [0.05, 0.1) is 88.8 Å². The average molecular weight is 609 g/mol. The fourth-order valence-corrected chi connectivity index (χ4v) is 3.77. The molecule has 0 amide bonds. The Kier molecular flexibility index (Phi) is 20.9. The van der Waals surface area contributed by atoms with Gasteiger partial charge in [0.15, 0.2) is 0 Å². The zero-order chi connectivity index (χ0) is 30.8. The van der Waals surface area contributed by atoms with Crippen molar-refractivity contribution >= 4 is 12.4 Å². The number of rotatable bonds is 28. The third-order valence-corrected chi connectivity index (χ3v) is 5.86. The van der Waals surface area contributed by atoms with Crippen molar-refractivity contribution in [2.24, 2.45) is 9.98 Å². The maximum Gasteiger partial charge on any atom is 0.141 e. The van der Waals surface area contributed by atoms with Gasteiger partial charge in [-0.2, -0.15) is 0 Å². The molecule has 2 N–H and O–H groups in total. The van der Waals surface area contributed by atoms with Crippen LogP contribution in [0.4, 0.5) is 0 Å². The van der Waals surface area contributed by atoms with Crippen molar-refractivity contribution in [3.8, 4) is 11.5 Å². The van der Waals surface area contributed by atoms with Gasteiger partial charge >= 0.3 is 0 Å². The maximum absolute atomic E-state index is 6.13. The number of aromatic amines is 2. The molecule has 0 atom stereocenters. The summed E-state index contributed by atoms with van der Waals surface area (Å²) in [5.74, 6) is 1.49. The topological polar surface area (TPSA) is 130 Å². The first-order chi connectivity index (χ1) is 21.2. The summed E-state index contributed by atoms with van der Waals surface area (Å²) in [6, 6.07) is 3.94. The summed E-state index contributed by atoms with van der Waals surface area (Å²) in [5.41, 5.74) is 3.58. The number of aliphatic imine (C=N–C) groups is 2. The zero-order valence-electron chi connectivity index (χ0n) is 26.5. The van der Waals surface area contributed by atoms with E-state index in [0.29, 0.717) is 85.7 Å². The summed E-state index contributed by atoms with van der Waals surface area (Å²) in [5, 5.41) is 0. The third kappa shape index (κ3) is 16.6. The highest BCUT2D eigenvalue weighted by Crippen LogP contribution is 2.27. The molecule has 12 nitrogen and oxygen atoms in total. The predicted molar refractivity (Wildman–Crippen MR) is 168 cm³/mol. The Morgan fingerprint density at radius 1 is 0.558 bits per heavy atom. The van der Waals surface area contributed by atoms with E-state index in [-0.39, 0.29) is 0 Å². The van der Waals surface area contributed by atoms with Crippen LogP contribution in [0, 0.1) is 0 Å². The van der Waals surface area contributed by atoms with Gasteiger partial charge in [0.25, 0.3) is 0 Å². The highest BCUT2D eigenvalue weighted by molar-refractivity contribution is 5.79. The second-order valence-electron chi connectivity index (χ2n) is 9.51. The van der Waals surface area contributed by atoms with E-state index in [1.165, 1.54) is 0 Å². The number of aromatic nitrogens is 2. The molecule has 0 spiro atoms. The number of ether oxygens (including phenoxy) is 8. The summed E-state index contributed by atoms with van der Waals surface area (Å²) in [4.78, 5) is 15.9. The predicted octanol–water partition coefficient (Wildman–Crippen LogP) is 3.71. The van der Waals surface area contributed by atoms with Gasteiger partial charge in [-0.1, -0.05) is 13.8 Å². The minimum Gasteiger partial charge on any atom is -0.489 e. The van der Waals surface area contributed by atoms with E-state index < -0.39 is 0 Å². The lowest BCUT2D eigenvalue weighted by Crippen LogP contribution is -2.13. The van der Waals surface area contributed by atoms with E-state index >= 15 is 0 Å². The van der Waals surface area contributed by atoms with Crippen LogP contribution in [0.25, 0.3) is 0 Å². The maximum atomic E-state index is 6.13. The van der Waals surface area contributed by atoms with E-state index in [1.54, 1.807) is 14.2 Å². The Hall–Kier alpha value is -2.74.